The minimum atomic E-state index is -0.452. The number of carbonyl (C=O) groups is 1. The van der Waals surface area contributed by atoms with Crippen LogP contribution in [0, 0.1) is 10.1 Å². The molecule has 0 bridgehead atoms. The number of nitro groups is 1. The normalized spacial score (nSPS) is 11.7. The van der Waals surface area contributed by atoms with Crippen LogP contribution in [0.15, 0.2) is 47.4 Å². The molecule has 6 nitrogen and oxygen atoms in total. The molecule has 0 saturated heterocycles. The molecule has 8 heteroatoms. The standard InChI is InChI=1S/C17H18ClN3O3S/c1-11(25-14-7-5-13(6-8-14)21(23)24)17(22)19-15-10-12(18)4-9-16(15)20(2)3/h4-11H,1-3H3,(H,19,22). The van der Waals surface area contributed by atoms with Crippen molar-refractivity contribution in [2.45, 2.75) is 17.1 Å². The second-order valence-electron chi connectivity index (χ2n) is 5.56. The lowest BCUT2D eigenvalue weighted by molar-refractivity contribution is -0.384. The van der Waals surface area contributed by atoms with Gasteiger partial charge in [0, 0.05) is 36.1 Å². The first-order chi connectivity index (χ1) is 11.8. The molecule has 2 aromatic rings. The van der Waals surface area contributed by atoms with Gasteiger partial charge in [-0.05, 0) is 37.3 Å². The van der Waals surface area contributed by atoms with E-state index in [1.165, 1.54) is 23.9 Å². The fourth-order valence-electron chi connectivity index (χ4n) is 2.14. The number of hydrogen-bond acceptors (Lipinski definition) is 5. The number of nitrogens with one attached hydrogen (secondary N) is 1. The lowest BCUT2D eigenvalue weighted by atomic mass is 10.2. The molecule has 2 rings (SSSR count). The smallest absolute Gasteiger partial charge is 0.269 e. The zero-order valence-electron chi connectivity index (χ0n) is 14.0. The molecule has 0 aliphatic heterocycles. The van der Waals surface area contributed by atoms with Crippen LogP contribution < -0.4 is 10.2 Å². The highest BCUT2D eigenvalue weighted by Crippen LogP contribution is 2.30. The maximum Gasteiger partial charge on any atom is 0.269 e. The van der Waals surface area contributed by atoms with Gasteiger partial charge in [0.2, 0.25) is 5.91 Å². The molecule has 0 radical (unpaired) electrons. The monoisotopic (exact) mass is 379 g/mol. The maximum absolute atomic E-state index is 12.5. The molecular formula is C17H18ClN3O3S. The van der Waals surface area contributed by atoms with Crippen molar-refractivity contribution in [1.29, 1.82) is 0 Å². The first-order valence-electron chi connectivity index (χ1n) is 7.47. The Morgan fingerprint density at radius 2 is 1.88 bits per heavy atom. The fraction of sp³-hybridized carbons (Fsp3) is 0.235. The number of nitrogens with zero attached hydrogens (tertiary/aromatic N) is 2. The average molecular weight is 380 g/mol. The fourth-order valence-corrected chi connectivity index (χ4v) is 3.18. The Morgan fingerprint density at radius 3 is 2.44 bits per heavy atom. The van der Waals surface area contributed by atoms with Gasteiger partial charge in [0.25, 0.3) is 5.69 Å². The number of non-ortho nitro benzene ring substituents is 1. The molecule has 1 amide bonds. The Hall–Kier alpha value is -2.25. The third-order valence-corrected chi connectivity index (χ3v) is 4.77. The molecule has 132 valence electrons. The molecular weight excluding hydrogens is 362 g/mol. The van der Waals surface area contributed by atoms with Crippen LogP contribution in [0.5, 0.6) is 0 Å². The molecule has 2 aromatic carbocycles. The Kier molecular flexibility index (Phi) is 6.27. The van der Waals surface area contributed by atoms with E-state index in [-0.39, 0.29) is 16.8 Å². The molecule has 0 spiro atoms. The molecule has 0 aromatic heterocycles. The van der Waals surface area contributed by atoms with E-state index in [1.807, 2.05) is 25.1 Å². The highest BCUT2D eigenvalue weighted by molar-refractivity contribution is 8.00. The van der Waals surface area contributed by atoms with Gasteiger partial charge in [-0.15, -0.1) is 11.8 Å². The van der Waals surface area contributed by atoms with Crippen LogP contribution >= 0.6 is 23.4 Å². The number of hydrogen-bond donors (Lipinski definition) is 1. The van der Waals surface area contributed by atoms with Gasteiger partial charge in [0.1, 0.15) is 0 Å². The number of rotatable bonds is 6. The summed E-state index contributed by atoms with van der Waals surface area (Å²) in [4.78, 5) is 25.4. The largest absolute Gasteiger partial charge is 0.376 e. The summed E-state index contributed by atoms with van der Waals surface area (Å²) in [7, 11) is 3.77. The van der Waals surface area contributed by atoms with Crippen LogP contribution in [0.4, 0.5) is 17.1 Å². The lowest BCUT2D eigenvalue weighted by Crippen LogP contribution is -2.24. The van der Waals surface area contributed by atoms with Crippen LogP contribution in [0.2, 0.25) is 5.02 Å². The maximum atomic E-state index is 12.5. The van der Waals surface area contributed by atoms with Crippen molar-refractivity contribution in [1.82, 2.24) is 0 Å². The summed E-state index contributed by atoms with van der Waals surface area (Å²) in [5.74, 6) is -0.172. The third kappa shape index (κ3) is 5.11. The van der Waals surface area contributed by atoms with Gasteiger partial charge in [-0.1, -0.05) is 11.6 Å². The number of carbonyl (C=O) groups excluding carboxylic acids is 1. The summed E-state index contributed by atoms with van der Waals surface area (Å²) in [6.45, 7) is 1.78. The summed E-state index contributed by atoms with van der Waals surface area (Å²) >= 11 is 7.35. The van der Waals surface area contributed by atoms with Crippen LogP contribution in [0.25, 0.3) is 0 Å². The van der Waals surface area contributed by atoms with E-state index in [1.54, 1.807) is 31.2 Å². The highest BCUT2D eigenvalue weighted by atomic mass is 35.5. The molecule has 0 fully saturated rings. The number of benzene rings is 2. The molecule has 0 saturated carbocycles. The molecule has 0 aliphatic carbocycles. The zero-order chi connectivity index (χ0) is 18.6. The van der Waals surface area contributed by atoms with Crippen molar-refractivity contribution in [2.75, 3.05) is 24.3 Å². The minimum Gasteiger partial charge on any atom is -0.376 e. The van der Waals surface area contributed by atoms with Gasteiger partial charge in [-0.2, -0.15) is 0 Å². The molecule has 0 aliphatic rings. The Balaban J connectivity index is 2.08. The highest BCUT2D eigenvalue weighted by Gasteiger charge is 2.17. The second kappa shape index (κ2) is 8.22. The van der Waals surface area contributed by atoms with E-state index in [0.717, 1.165) is 10.6 Å². The molecule has 1 atom stereocenters. The van der Waals surface area contributed by atoms with Crippen molar-refractivity contribution in [2.24, 2.45) is 0 Å². The molecule has 1 unspecified atom stereocenters. The van der Waals surface area contributed by atoms with E-state index in [2.05, 4.69) is 5.32 Å². The predicted octanol–water partition coefficient (Wildman–Crippen LogP) is 4.43. The summed E-state index contributed by atoms with van der Waals surface area (Å²) in [5.41, 5.74) is 1.51. The number of amides is 1. The van der Waals surface area contributed by atoms with Gasteiger partial charge in [0.15, 0.2) is 0 Å². The van der Waals surface area contributed by atoms with E-state index in [0.29, 0.717) is 10.7 Å². The summed E-state index contributed by atoms with van der Waals surface area (Å²) in [6.07, 6.45) is 0. The van der Waals surface area contributed by atoms with Gasteiger partial charge >= 0.3 is 0 Å². The van der Waals surface area contributed by atoms with Crippen molar-refractivity contribution in [3.05, 3.63) is 57.6 Å². The number of nitro benzene ring substituents is 1. The van der Waals surface area contributed by atoms with E-state index < -0.39 is 4.92 Å². The number of anilines is 2. The SMILES string of the molecule is CC(Sc1ccc([N+](=O)[O-])cc1)C(=O)Nc1cc(Cl)ccc1N(C)C. The summed E-state index contributed by atoms with van der Waals surface area (Å²) in [6, 6.07) is 11.4. The van der Waals surface area contributed by atoms with Crippen molar-refractivity contribution in [3.63, 3.8) is 0 Å². The van der Waals surface area contributed by atoms with Gasteiger partial charge < -0.3 is 10.2 Å². The second-order valence-corrected chi connectivity index (χ2v) is 7.41. The average Bonchev–Trinajstić information content (AvgIpc) is 2.55. The summed E-state index contributed by atoms with van der Waals surface area (Å²) < 4.78 is 0. The lowest BCUT2D eigenvalue weighted by Gasteiger charge is -2.19. The quantitative estimate of drug-likeness (QED) is 0.456. The number of thioether (sulfide) groups is 1. The Labute approximate surface area is 155 Å². The summed E-state index contributed by atoms with van der Waals surface area (Å²) in [5, 5.41) is 13.7. The number of halogens is 1. The van der Waals surface area contributed by atoms with Crippen molar-refractivity contribution >= 4 is 46.3 Å². The van der Waals surface area contributed by atoms with Crippen LogP contribution in [0.3, 0.4) is 0 Å². The first kappa shape index (κ1) is 19.1. The topological polar surface area (TPSA) is 75.5 Å². The predicted molar refractivity (Wildman–Crippen MR) is 103 cm³/mol. The Morgan fingerprint density at radius 1 is 1.24 bits per heavy atom. The first-order valence-corrected chi connectivity index (χ1v) is 8.72. The van der Waals surface area contributed by atoms with Crippen LogP contribution in [0.1, 0.15) is 6.92 Å². The van der Waals surface area contributed by atoms with Crippen molar-refractivity contribution in [3.8, 4) is 0 Å². The van der Waals surface area contributed by atoms with E-state index in [9.17, 15) is 14.9 Å². The molecule has 0 heterocycles. The van der Waals surface area contributed by atoms with Crippen LogP contribution in [-0.2, 0) is 4.79 Å². The Bertz CT molecular complexity index is 781. The van der Waals surface area contributed by atoms with E-state index >= 15 is 0 Å². The van der Waals surface area contributed by atoms with Gasteiger partial charge in [0.05, 0.1) is 21.5 Å². The molecule has 1 N–H and O–H groups in total. The minimum absolute atomic E-state index is 0.0241. The van der Waals surface area contributed by atoms with Crippen molar-refractivity contribution < 1.29 is 9.72 Å². The third-order valence-electron chi connectivity index (χ3n) is 3.43. The van der Waals surface area contributed by atoms with Gasteiger partial charge in [-0.25, -0.2) is 0 Å². The van der Waals surface area contributed by atoms with Crippen LogP contribution in [-0.4, -0.2) is 30.2 Å². The zero-order valence-corrected chi connectivity index (χ0v) is 15.6. The molecule has 25 heavy (non-hydrogen) atoms. The van der Waals surface area contributed by atoms with Gasteiger partial charge in [-0.3, -0.25) is 14.9 Å². The van der Waals surface area contributed by atoms with E-state index in [4.69, 9.17) is 11.6 Å².